The number of nitrogens with one attached hydrogen (secondary N) is 2. The summed E-state index contributed by atoms with van der Waals surface area (Å²) < 4.78 is 5.85. The van der Waals surface area contributed by atoms with E-state index in [9.17, 15) is 4.79 Å². The highest BCUT2D eigenvalue weighted by Gasteiger charge is 2.05. The number of furan rings is 1. The lowest BCUT2D eigenvalue weighted by Gasteiger charge is -2.06. The van der Waals surface area contributed by atoms with Crippen LogP contribution in [0.2, 0.25) is 0 Å². The van der Waals surface area contributed by atoms with Crippen molar-refractivity contribution in [2.75, 3.05) is 0 Å². The van der Waals surface area contributed by atoms with Gasteiger partial charge in [-0.25, -0.2) is 4.98 Å². The third kappa shape index (κ3) is 3.55. The van der Waals surface area contributed by atoms with E-state index < -0.39 is 0 Å². The van der Waals surface area contributed by atoms with Crippen LogP contribution in [0.5, 0.6) is 0 Å². The highest BCUT2D eigenvalue weighted by atomic mass is 32.2. The fourth-order valence-corrected chi connectivity index (χ4v) is 2.79. The van der Waals surface area contributed by atoms with Gasteiger partial charge in [0.25, 0.3) is 5.56 Å². The summed E-state index contributed by atoms with van der Waals surface area (Å²) in [4.78, 5) is 19.2. The number of nitrogens with zero attached hydrogens (tertiary/aromatic N) is 1. The Morgan fingerprint density at radius 1 is 1.32 bits per heavy atom. The molecule has 0 saturated carbocycles. The van der Waals surface area contributed by atoms with Crippen molar-refractivity contribution in [1.29, 1.82) is 0 Å². The van der Waals surface area contributed by atoms with Gasteiger partial charge in [0, 0.05) is 0 Å². The molecule has 0 bridgehead atoms. The van der Waals surface area contributed by atoms with Crippen molar-refractivity contribution < 1.29 is 4.42 Å². The van der Waals surface area contributed by atoms with Crippen LogP contribution >= 0.6 is 24.0 Å². The maximum Gasteiger partial charge on any atom is 0.258 e. The summed E-state index contributed by atoms with van der Waals surface area (Å²) in [5, 5.41) is 3.68. The van der Waals surface area contributed by atoms with E-state index in [-0.39, 0.29) is 5.56 Å². The Morgan fingerprint density at radius 2 is 2.18 bits per heavy atom. The van der Waals surface area contributed by atoms with E-state index in [0.717, 1.165) is 5.76 Å². The van der Waals surface area contributed by atoms with Crippen molar-refractivity contribution in [1.82, 2.24) is 15.3 Å². The van der Waals surface area contributed by atoms with Crippen LogP contribution in [-0.2, 0) is 12.3 Å². The van der Waals surface area contributed by atoms with Crippen LogP contribution in [0.15, 0.2) is 51.9 Å². The second-order valence-corrected chi connectivity index (χ2v) is 6.19. The minimum absolute atomic E-state index is 0.129. The number of aromatic nitrogens is 2. The summed E-state index contributed by atoms with van der Waals surface area (Å²) in [6.45, 7) is 0.542. The quantitative estimate of drug-likeness (QED) is 0.716. The average Bonchev–Trinajstić information content (AvgIpc) is 3.04. The molecular weight excluding hydrogens is 318 g/mol. The summed E-state index contributed by atoms with van der Waals surface area (Å²) in [7, 11) is 0. The number of benzene rings is 1. The topological polar surface area (TPSA) is 70.9 Å². The predicted molar refractivity (Wildman–Crippen MR) is 91.8 cm³/mol. The van der Waals surface area contributed by atoms with E-state index >= 15 is 0 Å². The molecule has 2 aromatic heterocycles. The van der Waals surface area contributed by atoms with Crippen LogP contribution in [0.1, 0.15) is 11.6 Å². The first-order chi connectivity index (χ1) is 10.7. The second-order valence-electron chi connectivity index (χ2n) is 4.54. The summed E-state index contributed by atoms with van der Waals surface area (Å²) in [5.74, 6) is 1.93. The van der Waals surface area contributed by atoms with Crippen LogP contribution < -0.4 is 10.9 Å². The number of hydrogen-bond donors (Lipinski definition) is 2. The highest BCUT2D eigenvalue weighted by Crippen LogP contribution is 2.12. The molecule has 22 heavy (non-hydrogen) atoms. The molecule has 2 heterocycles. The van der Waals surface area contributed by atoms with Gasteiger partial charge in [-0.1, -0.05) is 36.1 Å². The lowest BCUT2D eigenvalue weighted by molar-refractivity contribution is 0.504. The molecule has 0 amide bonds. The fraction of sp³-hybridized carbons (Fsp3) is 0.133. The van der Waals surface area contributed by atoms with Gasteiger partial charge in [-0.05, 0) is 24.3 Å². The van der Waals surface area contributed by atoms with E-state index in [1.807, 2.05) is 30.3 Å². The van der Waals surface area contributed by atoms with Crippen LogP contribution in [-0.4, -0.2) is 14.3 Å². The molecule has 0 radical (unpaired) electrons. The number of hydrogen-bond acceptors (Lipinski definition) is 5. The summed E-state index contributed by atoms with van der Waals surface area (Å²) in [6, 6.07) is 11.0. The maximum absolute atomic E-state index is 12.0. The SMILES string of the molecule is O=c1[nH]c(CSC(=S)NCc2ccco2)nc2ccccc12. The van der Waals surface area contributed by atoms with E-state index in [1.165, 1.54) is 11.8 Å². The summed E-state index contributed by atoms with van der Waals surface area (Å²) in [6.07, 6.45) is 1.62. The molecule has 0 spiro atoms. The fourth-order valence-electron chi connectivity index (χ4n) is 1.96. The van der Waals surface area contributed by atoms with Gasteiger partial charge in [0.2, 0.25) is 0 Å². The van der Waals surface area contributed by atoms with Gasteiger partial charge in [0.05, 0.1) is 29.5 Å². The number of fused-ring (bicyclic) bond motifs is 1. The van der Waals surface area contributed by atoms with Gasteiger partial charge in [-0.15, -0.1) is 0 Å². The van der Waals surface area contributed by atoms with Crippen LogP contribution in [0.25, 0.3) is 10.9 Å². The molecule has 7 heteroatoms. The van der Waals surface area contributed by atoms with Gasteiger partial charge in [0.1, 0.15) is 15.9 Å². The zero-order valence-corrected chi connectivity index (χ0v) is 13.2. The molecule has 5 nitrogen and oxygen atoms in total. The number of thiocarbonyl (C=S) groups is 1. The van der Waals surface area contributed by atoms with Crippen LogP contribution in [0, 0.1) is 0 Å². The van der Waals surface area contributed by atoms with E-state index in [0.29, 0.717) is 33.3 Å². The van der Waals surface area contributed by atoms with Gasteiger partial charge >= 0.3 is 0 Å². The molecule has 2 N–H and O–H groups in total. The Morgan fingerprint density at radius 3 is 3.00 bits per heavy atom. The molecule has 0 unspecified atom stereocenters. The zero-order valence-electron chi connectivity index (χ0n) is 11.5. The van der Waals surface area contributed by atoms with Crippen molar-refractivity contribution in [3.05, 3.63) is 64.6 Å². The smallest absolute Gasteiger partial charge is 0.258 e. The largest absolute Gasteiger partial charge is 0.467 e. The normalized spacial score (nSPS) is 10.7. The lowest BCUT2D eigenvalue weighted by atomic mass is 10.2. The standard InChI is InChI=1S/C15H13N3O2S2/c19-14-11-5-1-2-6-12(11)17-13(18-14)9-22-15(21)16-8-10-4-3-7-20-10/h1-7H,8-9H2,(H,16,21)(H,17,18,19). The third-order valence-corrected chi connectivity index (χ3v) is 4.31. The Hall–Kier alpha value is -2.12. The molecule has 0 saturated heterocycles. The predicted octanol–water partition coefficient (Wildman–Crippen LogP) is 2.82. The van der Waals surface area contributed by atoms with Gasteiger partial charge in [0.15, 0.2) is 0 Å². The van der Waals surface area contributed by atoms with Crippen molar-refractivity contribution >= 4 is 39.2 Å². The summed E-state index contributed by atoms with van der Waals surface area (Å²) >= 11 is 6.66. The van der Waals surface area contributed by atoms with Gasteiger partial charge in [-0.2, -0.15) is 0 Å². The van der Waals surface area contributed by atoms with E-state index in [4.69, 9.17) is 16.6 Å². The molecule has 1 aromatic carbocycles. The Bertz CT molecular complexity index is 843. The zero-order chi connectivity index (χ0) is 15.4. The van der Waals surface area contributed by atoms with E-state index in [2.05, 4.69) is 15.3 Å². The Kier molecular flexibility index (Phi) is 4.55. The molecule has 0 aliphatic carbocycles. The molecular formula is C15H13N3O2S2. The van der Waals surface area contributed by atoms with E-state index in [1.54, 1.807) is 12.3 Å². The minimum Gasteiger partial charge on any atom is -0.467 e. The number of rotatable bonds is 4. The van der Waals surface area contributed by atoms with Crippen LogP contribution in [0.3, 0.4) is 0 Å². The first-order valence-electron chi connectivity index (χ1n) is 6.63. The number of aromatic amines is 1. The van der Waals surface area contributed by atoms with Crippen molar-refractivity contribution in [3.8, 4) is 0 Å². The van der Waals surface area contributed by atoms with Crippen LogP contribution in [0.4, 0.5) is 0 Å². The number of H-pyrrole nitrogens is 1. The molecule has 0 aliphatic heterocycles. The number of thioether (sulfide) groups is 1. The molecule has 0 atom stereocenters. The monoisotopic (exact) mass is 331 g/mol. The third-order valence-electron chi connectivity index (χ3n) is 2.99. The molecule has 3 aromatic rings. The van der Waals surface area contributed by atoms with Crippen molar-refractivity contribution in [2.45, 2.75) is 12.3 Å². The molecule has 0 aliphatic rings. The highest BCUT2D eigenvalue weighted by molar-refractivity contribution is 8.22. The second kappa shape index (κ2) is 6.76. The van der Waals surface area contributed by atoms with Crippen molar-refractivity contribution in [2.24, 2.45) is 0 Å². The first kappa shape index (κ1) is 14.8. The average molecular weight is 331 g/mol. The lowest BCUT2D eigenvalue weighted by Crippen LogP contribution is -2.18. The summed E-state index contributed by atoms with van der Waals surface area (Å²) in [5.41, 5.74) is 0.562. The number of para-hydroxylation sites is 1. The van der Waals surface area contributed by atoms with Crippen molar-refractivity contribution in [3.63, 3.8) is 0 Å². The molecule has 112 valence electrons. The minimum atomic E-state index is -0.129. The Balaban J connectivity index is 1.61. The first-order valence-corrected chi connectivity index (χ1v) is 8.03. The van der Waals surface area contributed by atoms with Gasteiger partial charge < -0.3 is 14.7 Å². The molecule has 0 fully saturated rings. The Labute approximate surface area is 136 Å². The van der Waals surface area contributed by atoms with Gasteiger partial charge in [-0.3, -0.25) is 4.79 Å². The maximum atomic E-state index is 12.0. The molecule has 3 rings (SSSR count).